The fourth-order valence-electron chi connectivity index (χ4n) is 2.02. The molecule has 2 aromatic rings. The predicted octanol–water partition coefficient (Wildman–Crippen LogP) is 1.64. The van der Waals surface area contributed by atoms with E-state index in [9.17, 15) is 0 Å². The first-order valence-electron chi connectivity index (χ1n) is 6.05. The first-order chi connectivity index (χ1) is 9.08. The second-order valence-electron chi connectivity index (χ2n) is 4.36. The quantitative estimate of drug-likeness (QED) is 0.812. The van der Waals surface area contributed by atoms with E-state index in [2.05, 4.69) is 15.3 Å². The second-order valence-corrected chi connectivity index (χ2v) is 4.80. The largest absolute Gasteiger partial charge is 0.389 e. The van der Waals surface area contributed by atoms with Crippen molar-refractivity contribution in [3.8, 4) is 0 Å². The number of aromatic nitrogens is 3. The standard InChI is InChI=1S/C13H17N5S/c1-9-7-11(12(13(14)19)10(2)17-9)16-4-6-18-5-3-15-8-18/h3,5,7-8H,4,6H2,1-2H3,(H2,14,19)(H,16,17). The lowest BCUT2D eigenvalue weighted by Gasteiger charge is -2.14. The summed E-state index contributed by atoms with van der Waals surface area (Å²) < 4.78 is 2.01. The number of pyridine rings is 1. The Morgan fingerprint density at radius 1 is 1.47 bits per heavy atom. The molecule has 100 valence electrons. The third-order valence-electron chi connectivity index (χ3n) is 2.82. The molecule has 0 aliphatic heterocycles. The Morgan fingerprint density at radius 2 is 2.26 bits per heavy atom. The van der Waals surface area contributed by atoms with Crippen molar-refractivity contribution in [3.05, 3.63) is 41.7 Å². The minimum atomic E-state index is 0.370. The molecule has 0 saturated heterocycles. The van der Waals surface area contributed by atoms with Crippen LogP contribution in [0.4, 0.5) is 5.69 Å². The number of hydrogen-bond donors (Lipinski definition) is 2. The van der Waals surface area contributed by atoms with Crippen LogP contribution in [0.3, 0.4) is 0 Å². The summed E-state index contributed by atoms with van der Waals surface area (Å²) in [4.78, 5) is 8.77. The van der Waals surface area contributed by atoms with Gasteiger partial charge in [-0.05, 0) is 19.9 Å². The molecular weight excluding hydrogens is 258 g/mol. The zero-order chi connectivity index (χ0) is 13.8. The summed E-state index contributed by atoms with van der Waals surface area (Å²) >= 11 is 5.09. The summed E-state index contributed by atoms with van der Waals surface area (Å²) in [5, 5.41) is 3.36. The molecule has 0 atom stereocenters. The normalized spacial score (nSPS) is 10.4. The first-order valence-corrected chi connectivity index (χ1v) is 6.46. The highest BCUT2D eigenvalue weighted by molar-refractivity contribution is 7.80. The van der Waals surface area contributed by atoms with Gasteiger partial charge in [0.1, 0.15) is 4.99 Å². The van der Waals surface area contributed by atoms with Gasteiger partial charge < -0.3 is 15.6 Å². The molecule has 5 nitrogen and oxygen atoms in total. The van der Waals surface area contributed by atoms with Gasteiger partial charge in [0.15, 0.2) is 0 Å². The average molecular weight is 275 g/mol. The van der Waals surface area contributed by atoms with Gasteiger partial charge in [0.2, 0.25) is 0 Å². The number of nitrogens with two attached hydrogens (primary N) is 1. The van der Waals surface area contributed by atoms with Gasteiger partial charge in [0, 0.05) is 42.6 Å². The van der Waals surface area contributed by atoms with Crippen molar-refractivity contribution < 1.29 is 0 Å². The maximum absolute atomic E-state index is 5.77. The van der Waals surface area contributed by atoms with Gasteiger partial charge >= 0.3 is 0 Å². The Kier molecular flexibility index (Phi) is 4.11. The van der Waals surface area contributed by atoms with E-state index in [0.29, 0.717) is 4.99 Å². The smallest absolute Gasteiger partial charge is 0.107 e. The van der Waals surface area contributed by atoms with Crippen LogP contribution in [-0.4, -0.2) is 26.1 Å². The number of aryl methyl sites for hydroxylation is 2. The number of thiocarbonyl (C=S) groups is 1. The van der Waals surface area contributed by atoms with Crippen LogP contribution in [0.25, 0.3) is 0 Å². The van der Waals surface area contributed by atoms with Gasteiger partial charge in [-0.25, -0.2) is 4.98 Å². The molecular formula is C13H17N5S. The van der Waals surface area contributed by atoms with E-state index in [-0.39, 0.29) is 0 Å². The maximum atomic E-state index is 5.77. The van der Waals surface area contributed by atoms with Gasteiger partial charge in [-0.2, -0.15) is 0 Å². The van der Waals surface area contributed by atoms with Crippen molar-refractivity contribution in [2.45, 2.75) is 20.4 Å². The number of hydrogen-bond acceptors (Lipinski definition) is 4. The number of nitrogens with one attached hydrogen (secondary N) is 1. The van der Waals surface area contributed by atoms with E-state index in [4.69, 9.17) is 18.0 Å². The van der Waals surface area contributed by atoms with Crippen molar-refractivity contribution in [3.63, 3.8) is 0 Å². The molecule has 2 heterocycles. The lowest BCUT2D eigenvalue weighted by atomic mass is 10.1. The average Bonchev–Trinajstić information content (AvgIpc) is 2.80. The van der Waals surface area contributed by atoms with E-state index in [0.717, 1.165) is 35.7 Å². The van der Waals surface area contributed by atoms with Crippen LogP contribution in [0.15, 0.2) is 24.8 Å². The Labute approximate surface area is 117 Å². The molecule has 0 aliphatic rings. The van der Waals surface area contributed by atoms with Crippen LogP contribution in [0, 0.1) is 13.8 Å². The highest BCUT2D eigenvalue weighted by Gasteiger charge is 2.10. The summed E-state index contributed by atoms with van der Waals surface area (Å²) in [5.41, 5.74) is 9.34. The molecule has 0 aliphatic carbocycles. The van der Waals surface area contributed by atoms with Crippen molar-refractivity contribution in [2.24, 2.45) is 5.73 Å². The maximum Gasteiger partial charge on any atom is 0.107 e. The first kappa shape index (κ1) is 13.5. The van der Waals surface area contributed by atoms with Crippen molar-refractivity contribution in [2.75, 3.05) is 11.9 Å². The monoisotopic (exact) mass is 275 g/mol. The van der Waals surface area contributed by atoms with E-state index in [1.165, 1.54) is 0 Å². The Hall–Kier alpha value is -1.95. The third-order valence-corrected chi connectivity index (χ3v) is 3.02. The van der Waals surface area contributed by atoms with E-state index < -0.39 is 0 Å². The molecule has 0 spiro atoms. The SMILES string of the molecule is Cc1cc(NCCn2ccnc2)c(C(N)=S)c(C)n1. The zero-order valence-electron chi connectivity index (χ0n) is 11.1. The lowest BCUT2D eigenvalue weighted by Crippen LogP contribution is -2.18. The molecule has 2 aromatic heterocycles. The minimum Gasteiger partial charge on any atom is -0.389 e. The van der Waals surface area contributed by atoms with Crippen LogP contribution in [0.2, 0.25) is 0 Å². The Bertz CT molecular complexity index is 577. The molecule has 0 fully saturated rings. The van der Waals surface area contributed by atoms with Gasteiger partial charge in [-0.1, -0.05) is 12.2 Å². The molecule has 3 N–H and O–H groups in total. The minimum absolute atomic E-state index is 0.370. The topological polar surface area (TPSA) is 68.8 Å². The van der Waals surface area contributed by atoms with Gasteiger partial charge in [0.05, 0.1) is 11.9 Å². The second kappa shape index (κ2) is 5.79. The number of nitrogens with zero attached hydrogens (tertiary/aromatic N) is 3. The lowest BCUT2D eigenvalue weighted by molar-refractivity contribution is 0.726. The van der Waals surface area contributed by atoms with E-state index in [1.54, 1.807) is 12.5 Å². The molecule has 0 aromatic carbocycles. The molecule has 19 heavy (non-hydrogen) atoms. The Balaban J connectivity index is 2.12. The summed E-state index contributed by atoms with van der Waals surface area (Å²) in [7, 11) is 0. The van der Waals surface area contributed by atoms with E-state index in [1.807, 2.05) is 30.7 Å². The van der Waals surface area contributed by atoms with Crippen molar-refractivity contribution >= 4 is 22.9 Å². The molecule has 0 saturated carbocycles. The van der Waals surface area contributed by atoms with Crippen molar-refractivity contribution in [1.29, 1.82) is 0 Å². The van der Waals surface area contributed by atoms with Crippen LogP contribution in [0.1, 0.15) is 17.0 Å². The van der Waals surface area contributed by atoms with Crippen LogP contribution < -0.4 is 11.1 Å². The molecule has 6 heteroatoms. The summed E-state index contributed by atoms with van der Waals surface area (Å²) in [6, 6.07) is 1.97. The molecule has 0 unspecified atom stereocenters. The van der Waals surface area contributed by atoms with Crippen LogP contribution in [-0.2, 0) is 6.54 Å². The van der Waals surface area contributed by atoms with E-state index >= 15 is 0 Å². The number of anilines is 1. The van der Waals surface area contributed by atoms with Gasteiger partial charge in [-0.15, -0.1) is 0 Å². The van der Waals surface area contributed by atoms with Gasteiger partial charge in [0.25, 0.3) is 0 Å². The predicted molar refractivity (Wildman–Crippen MR) is 80.3 cm³/mol. The fraction of sp³-hybridized carbons (Fsp3) is 0.308. The summed E-state index contributed by atoms with van der Waals surface area (Å²) in [6.45, 7) is 5.48. The molecule has 2 rings (SSSR count). The highest BCUT2D eigenvalue weighted by atomic mass is 32.1. The number of imidazole rings is 1. The molecule has 0 amide bonds. The third kappa shape index (κ3) is 3.29. The zero-order valence-corrected chi connectivity index (χ0v) is 11.9. The summed E-state index contributed by atoms with van der Waals surface area (Å²) in [5.74, 6) is 0. The van der Waals surface area contributed by atoms with Crippen LogP contribution >= 0.6 is 12.2 Å². The van der Waals surface area contributed by atoms with Crippen LogP contribution in [0.5, 0.6) is 0 Å². The number of rotatable bonds is 5. The van der Waals surface area contributed by atoms with Gasteiger partial charge in [-0.3, -0.25) is 4.98 Å². The van der Waals surface area contributed by atoms with Crippen molar-refractivity contribution in [1.82, 2.24) is 14.5 Å². The highest BCUT2D eigenvalue weighted by Crippen LogP contribution is 2.19. The fourth-order valence-corrected chi connectivity index (χ4v) is 2.28. The summed E-state index contributed by atoms with van der Waals surface area (Å²) in [6.07, 6.45) is 5.49. The molecule has 0 bridgehead atoms. The Morgan fingerprint density at radius 3 is 2.89 bits per heavy atom. The molecule has 0 radical (unpaired) electrons.